The van der Waals surface area contributed by atoms with Crippen molar-refractivity contribution in [3.8, 4) is 0 Å². The number of thiazole rings is 1. The standard InChI is InChI=1S/C10H5F4N3O2S/c11-4-1-2-5(15-3-4)16-9-17-7(10(12,13)14)6(20-9)8(18)19/h1-3H,(H,18,19)(H,15,16,17). The van der Waals surface area contributed by atoms with E-state index in [0.717, 1.165) is 12.3 Å². The number of anilines is 2. The first-order valence-electron chi connectivity index (χ1n) is 4.97. The summed E-state index contributed by atoms with van der Waals surface area (Å²) in [5.41, 5.74) is -1.49. The third-order valence-corrected chi connectivity index (χ3v) is 3.01. The largest absolute Gasteiger partial charge is 0.477 e. The molecule has 0 fully saturated rings. The molecule has 0 radical (unpaired) electrons. The van der Waals surface area contributed by atoms with Gasteiger partial charge in [-0.1, -0.05) is 11.3 Å². The number of carbonyl (C=O) groups is 1. The summed E-state index contributed by atoms with van der Waals surface area (Å²) in [7, 11) is 0. The van der Waals surface area contributed by atoms with E-state index in [9.17, 15) is 22.4 Å². The third kappa shape index (κ3) is 3.02. The molecule has 0 spiro atoms. The molecule has 0 bridgehead atoms. The number of aromatic carboxylic acids is 1. The average Bonchev–Trinajstić information content (AvgIpc) is 2.76. The first kappa shape index (κ1) is 14.2. The summed E-state index contributed by atoms with van der Waals surface area (Å²) in [6, 6.07) is 2.23. The van der Waals surface area contributed by atoms with Gasteiger partial charge in [-0.25, -0.2) is 19.2 Å². The lowest BCUT2D eigenvalue weighted by molar-refractivity contribution is -0.141. The number of halogens is 4. The Labute approximate surface area is 112 Å². The van der Waals surface area contributed by atoms with Crippen LogP contribution in [-0.2, 0) is 6.18 Å². The summed E-state index contributed by atoms with van der Waals surface area (Å²) in [6.07, 6.45) is -4.01. The number of carboxylic acids is 1. The molecule has 5 nitrogen and oxygen atoms in total. The molecule has 2 heterocycles. The van der Waals surface area contributed by atoms with Crippen molar-refractivity contribution in [2.24, 2.45) is 0 Å². The van der Waals surface area contributed by atoms with Crippen molar-refractivity contribution in [1.82, 2.24) is 9.97 Å². The molecule has 0 amide bonds. The maximum atomic E-state index is 12.6. The quantitative estimate of drug-likeness (QED) is 0.852. The molecule has 2 aromatic heterocycles. The summed E-state index contributed by atoms with van der Waals surface area (Å²) in [4.78, 5) is 16.6. The van der Waals surface area contributed by atoms with Crippen molar-refractivity contribution < 1.29 is 27.5 Å². The number of aromatic nitrogens is 2. The number of pyridine rings is 1. The fraction of sp³-hybridized carbons (Fsp3) is 0.100. The van der Waals surface area contributed by atoms with Crippen LogP contribution in [0, 0.1) is 5.82 Å². The van der Waals surface area contributed by atoms with Crippen LogP contribution >= 0.6 is 11.3 Å². The molecular weight excluding hydrogens is 302 g/mol. The minimum absolute atomic E-state index is 0.0470. The molecule has 2 aromatic rings. The van der Waals surface area contributed by atoms with Crippen molar-refractivity contribution in [3.63, 3.8) is 0 Å². The number of nitrogens with zero attached hydrogens (tertiary/aromatic N) is 2. The van der Waals surface area contributed by atoms with Gasteiger partial charge in [0.25, 0.3) is 0 Å². The van der Waals surface area contributed by atoms with Gasteiger partial charge in [0.05, 0.1) is 6.20 Å². The molecule has 0 aliphatic heterocycles. The van der Waals surface area contributed by atoms with Gasteiger partial charge in [0.1, 0.15) is 16.5 Å². The summed E-state index contributed by atoms with van der Waals surface area (Å²) in [5.74, 6) is -2.29. The van der Waals surface area contributed by atoms with Crippen LogP contribution in [0.2, 0.25) is 0 Å². The van der Waals surface area contributed by atoms with E-state index in [1.54, 1.807) is 0 Å². The maximum Gasteiger partial charge on any atom is 0.435 e. The van der Waals surface area contributed by atoms with Crippen LogP contribution in [0.1, 0.15) is 15.4 Å². The average molecular weight is 307 g/mol. The van der Waals surface area contributed by atoms with Gasteiger partial charge in [0.2, 0.25) is 0 Å². The first-order valence-corrected chi connectivity index (χ1v) is 5.79. The van der Waals surface area contributed by atoms with Gasteiger partial charge in [-0.3, -0.25) is 0 Å². The number of alkyl halides is 3. The van der Waals surface area contributed by atoms with E-state index in [0.29, 0.717) is 11.3 Å². The van der Waals surface area contributed by atoms with E-state index < -0.39 is 28.5 Å². The number of rotatable bonds is 3. The molecular formula is C10H5F4N3O2S. The van der Waals surface area contributed by atoms with E-state index in [1.165, 1.54) is 6.07 Å². The van der Waals surface area contributed by atoms with Crippen LogP contribution in [0.3, 0.4) is 0 Å². The van der Waals surface area contributed by atoms with E-state index in [2.05, 4.69) is 15.3 Å². The molecule has 20 heavy (non-hydrogen) atoms. The molecule has 0 unspecified atom stereocenters. The molecule has 0 aromatic carbocycles. The van der Waals surface area contributed by atoms with Crippen LogP contribution in [0.5, 0.6) is 0 Å². The Bertz CT molecular complexity index is 639. The molecule has 0 saturated carbocycles. The van der Waals surface area contributed by atoms with Crippen LogP contribution in [0.4, 0.5) is 28.5 Å². The summed E-state index contributed by atoms with van der Waals surface area (Å²) in [6.45, 7) is 0. The zero-order chi connectivity index (χ0) is 14.9. The molecule has 0 saturated heterocycles. The Morgan fingerprint density at radius 2 is 2.05 bits per heavy atom. The van der Waals surface area contributed by atoms with Crippen molar-refractivity contribution in [2.45, 2.75) is 6.18 Å². The van der Waals surface area contributed by atoms with Crippen LogP contribution in [0.15, 0.2) is 18.3 Å². The normalized spacial score (nSPS) is 11.4. The lowest BCUT2D eigenvalue weighted by Gasteiger charge is -2.02. The van der Waals surface area contributed by atoms with Gasteiger partial charge >= 0.3 is 12.1 Å². The molecule has 10 heteroatoms. The summed E-state index contributed by atoms with van der Waals surface area (Å²) in [5, 5.41) is 10.8. The summed E-state index contributed by atoms with van der Waals surface area (Å²) < 4.78 is 50.4. The molecule has 106 valence electrons. The second-order valence-electron chi connectivity index (χ2n) is 3.49. The van der Waals surface area contributed by atoms with E-state index >= 15 is 0 Å². The fourth-order valence-electron chi connectivity index (χ4n) is 1.27. The maximum absolute atomic E-state index is 12.6. The van der Waals surface area contributed by atoms with Crippen LogP contribution < -0.4 is 5.32 Å². The van der Waals surface area contributed by atoms with Crippen LogP contribution in [0.25, 0.3) is 0 Å². The van der Waals surface area contributed by atoms with Gasteiger partial charge in [-0.15, -0.1) is 0 Å². The Kier molecular flexibility index (Phi) is 3.57. The number of nitrogens with one attached hydrogen (secondary N) is 1. The van der Waals surface area contributed by atoms with E-state index in [-0.39, 0.29) is 10.9 Å². The van der Waals surface area contributed by atoms with Gasteiger partial charge in [0.15, 0.2) is 10.8 Å². The molecule has 0 aliphatic carbocycles. The van der Waals surface area contributed by atoms with Crippen molar-refractivity contribution >= 4 is 28.3 Å². The zero-order valence-corrected chi connectivity index (χ0v) is 10.2. The number of carboxylic acid groups (broad SMARTS) is 1. The molecule has 2 rings (SSSR count). The smallest absolute Gasteiger partial charge is 0.435 e. The second kappa shape index (κ2) is 5.04. The minimum Gasteiger partial charge on any atom is -0.477 e. The lowest BCUT2D eigenvalue weighted by atomic mass is 10.3. The van der Waals surface area contributed by atoms with Gasteiger partial charge < -0.3 is 10.4 Å². The van der Waals surface area contributed by atoms with Crippen molar-refractivity contribution in [3.05, 3.63) is 34.7 Å². The predicted octanol–water partition coefficient (Wildman–Crippen LogP) is 3.14. The Hall–Kier alpha value is -2.23. The topological polar surface area (TPSA) is 75.1 Å². The van der Waals surface area contributed by atoms with Gasteiger partial charge in [-0.2, -0.15) is 13.2 Å². The van der Waals surface area contributed by atoms with Crippen LogP contribution in [-0.4, -0.2) is 21.0 Å². The first-order chi connectivity index (χ1) is 9.27. The predicted molar refractivity (Wildman–Crippen MR) is 61.6 cm³/mol. The van der Waals surface area contributed by atoms with E-state index in [1.807, 2.05) is 0 Å². The second-order valence-corrected chi connectivity index (χ2v) is 4.49. The fourth-order valence-corrected chi connectivity index (χ4v) is 2.10. The molecule has 0 atom stereocenters. The molecule has 2 N–H and O–H groups in total. The highest BCUT2D eigenvalue weighted by Crippen LogP contribution is 2.36. The molecule has 0 aliphatic rings. The Morgan fingerprint density at radius 3 is 2.50 bits per heavy atom. The Balaban J connectivity index is 2.34. The highest BCUT2D eigenvalue weighted by atomic mass is 32.1. The monoisotopic (exact) mass is 307 g/mol. The summed E-state index contributed by atoms with van der Waals surface area (Å²) >= 11 is 0.318. The van der Waals surface area contributed by atoms with Gasteiger partial charge in [-0.05, 0) is 12.1 Å². The third-order valence-electron chi connectivity index (χ3n) is 2.05. The minimum atomic E-state index is -4.87. The van der Waals surface area contributed by atoms with Gasteiger partial charge in [0, 0.05) is 0 Å². The number of hydrogen-bond acceptors (Lipinski definition) is 5. The highest BCUT2D eigenvalue weighted by molar-refractivity contribution is 7.17. The highest BCUT2D eigenvalue weighted by Gasteiger charge is 2.39. The lowest BCUT2D eigenvalue weighted by Crippen LogP contribution is -2.11. The van der Waals surface area contributed by atoms with E-state index in [4.69, 9.17) is 5.11 Å². The zero-order valence-electron chi connectivity index (χ0n) is 9.40. The number of hydrogen-bond donors (Lipinski definition) is 2. The Morgan fingerprint density at radius 1 is 1.35 bits per heavy atom. The van der Waals surface area contributed by atoms with Crippen molar-refractivity contribution in [1.29, 1.82) is 0 Å². The van der Waals surface area contributed by atoms with Crippen molar-refractivity contribution in [2.75, 3.05) is 5.32 Å². The SMILES string of the molecule is O=C(O)c1sc(Nc2ccc(F)cn2)nc1C(F)(F)F.